The van der Waals surface area contributed by atoms with Crippen molar-refractivity contribution in [3.05, 3.63) is 35.4 Å². The Morgan fingerprint density at radius 2 is 2.00 bits per heavy atom. The molecule has 4 nitrogen and oxygen atoms in total. The van der Waals surface area contributed by atoms with E-state index in [0.717, 1.165) is 12.8 Å². The Bertz CT molecular complexity index is 409. The number of ether oxygens (including phenoxy) is 1. The van der Waals surface area contributed by atoms with Crippen molar-refractivity contribution in [2.45, 2.75) is 24.9 Å². The Hall–Kier alpha value is -1.39. The number of carbonyl (C=O) groups is 1. The topological polar surface area (TPSA) is 55.6 Å². The summed E-state index contributed by atoms with van der Waals surface area (Å²) in [5, 5.41) is 0. The number of rotatable bonds is 4. The normalized spacial score (nSPS) is 16.4. The van der Waals surface area contributed by atoms with E-state index in [1.165, 1.54) is 11.1 Å². The maximum absolute atomic E-state index is 12.1. The first-order valence-corrected chi connectivity index (χ1v) is 6.21. The maximum atomic E-state index is 12.1. The zero-order chi connectivity index (χ0) is 13.1. The van der Waals surface area contributed by atoms with Crippen LogP contribution in [0.5, 0.6) is 0 Å². The number of nitrogens with zero attached hydrogens (tertiary/aromatic N) is 1. The van der Waals surface area contributed by atoms with Crippen LogP contribution in [0.15, 0.2) is 24.3 Å². The van der Waals surface area contributed by atoms with Crippen LogP contribution in [0.2, 0.25) is 0 Å². The van der Waals surface area contributed by atoms with Crippen LogP contribution in [0.25, 0.3) is 0 Å². The summed E-state index contributed by atoms with van der Waals surface area (Å²) < 4.78 is 4.93. The van der Waals surface area contributed by atoms with Crippen molar-refractivity contribution in [2.24, 2.45) is 5.73 Å². The lowest BCUT2D eigenvalue weighted by atomic mass is 10.1. The summed E-state index contributed by atoms with van der Waals surface area (Å²) in [5.74, 6) is -0.0466. The van der Waals surface area contributed by atoms with Gasteiger partial charge in [-0.1, -0.05) is 24.3 Å². The molecule has 0 spiro atoms. The molecule has 1 aliphatic rings. The van der Waals surface area contributed by atoms with E-state index < -0.39 is 6.04 Å². The van der Waals surface area contributed by atoms with E-state index >= 15 is 0 Å². The van der Waals surface area contributed by atoms with Crippen molar-refractivity contribution in [3.8, 4) is 0 Å². The first kappa shape index (κ1) is 13.1. The van der Waals surface area contributed by atoms with E-state index in [9.17, 15) is 4.79 Å². The second-order valence-corrected chi connectivity index (χ2v) is 4.84. The van der Waals surface area contributed by atoms with Crippen molar-refractivity contribution < 1.29 is 9.53 Å². The molecule has 0 aromatic heterocycles. The molecule has 0 saturated carbocycles. The Morgan fingerprint density at radius 1 is 1.44 bits per heavy atom. The van der Waals surface area contributed by atoms with Gasteiger partial charge in [0, 0.05) is 20.2 Å². The number of fused-ring (bicyclic) bond motifs is 1. The van der Waals surface area contributed by atoms with Gasteiger partial charge in [-0.3, -0.25) is 4.79 Å². The molecule has 4 heteroatoms. The van der Waals surface area contributed by atoms with Crippen LogP contribution in [0.4, 0.5) is 0 Å². The Morgan fingerprint density at radius 3 is 2.50 bits per heavy atom. The van der Waals surface area contributed by atoms with Gasteiger partial charge < -0.3 is 15.4 Å². The van der Waals surface area contributed by atoms with Gasteiger partial charge >= 0.3 is 0 Å². The predicted octanol–water partition coefficient (Wildman–Crippen LogP) is 0.586. The molecule has 2 N–H and O–H groups in total. The minimum Gasteiger partial charge on any atom is -0.383 e. The molecule has 2 rings (SSSR count). The van der Waals surface area contributed by atoms with Crippen molar-refractivity contribution >= 4 is 5.91 Å². The van der Waals surface area contributed by atoms with Crippen LogP contribution in [0.3, 0.4) is 0 Å². The van der Waals surface area contributed by atoms with Gasteiger partial charge in [0.25, 0.3) is 0 Å². The Labute approximate surface area is 108 Å². The molecular formula is C14H20N2O2. The van der Waals surface area contributed by atoms with Gasteiger partial charge in [0.15, 0.2) is 0 Å². The van der Waals surface area contributed by atoms with E-state index in [2.05, 4.69) is 12.1 Å². The van der Waals surface area contributed by atoms with Crippen LogP contribution in [0, 0.1) is 0 Å². The summed E-state index contributed by atoms with van der Waals surface area (Å²) >= 11 is 0. The number of nitrogens with two attached hydrogens (primary N) is 1. The van der Waals surface area contributed by atoms with Crippen molar-refractivity contribution in [2.75, 3.05) is 20.8 Å². The molecule has 1 aromatic carbocycles. The highest BCUT2D eigenvalue weighted by Crippen LogP contribution is 2.24. The zero-order valence-corrected chi connectivity index (χ0v) is 10.9. The molecule has 98 valence electrons. The van der Waals surface area contributed by atoms with Crippen molar-refractivity contribution in [1.82, 2.24) is 4.90 Å². The molecule has 0 aliphatic heterocycles. The van der Waals surface area contributed by atoms with Gasteiger partial charge in [-0.25, -0.2) is 0 Å². The standard InChI is InChI=1S/C14H20N2O2/c1-16(14(17)13(15)9-18-2)12-7-10-5-3-4-6-11(10)8-12/h3-6,12-13H,7-9,15H2,1-2H3. The van der Waals surface area contributed by atoms with Crippen molar-refractivity contribution in [1.29, 1.82) is 0 Å². The van der Waals surface area contributed by atoms with E-state index in [0.29, 0.717) is 0 Å². The van der Waals surface area contributed by atoms with E-state index in [1.54, 1.807) is 12.0 Å². The summed E-state index contributed by atoms with van der Waals surface area (Å²) in [5.41, 5.74) is 8.46. The minimum absolute atomic E-state index is 0.0466. The minimum atomic E-state index is -0.566. The molecule has 0 fully saturated rings. The van der Waals surface area contributed by atoms with Gasteiger partial charge in [-0.15, -0.1) is 0 Å². The fraction of sp³-hybridized carbons (Fsp3) is 0.500. The number of hydrogen-bond donors (Lipinski definition) is 1. The van der Waals surface area contributed by atoms with E-state index in [1.807, 2.05) is 19.2 Å². The molecule has 18 heavy (non-hydrogen) atoms. The lowest BCUT2D eigenvalue weighted by molar-refractivity contribution is -0.134. The van der Waals surface area contributed by atoms with Crippen LogP contribution >= 0.6 is 0 Å². The second-order valence-electron chi connectivity index (χ2n) is 4.84. The van der Waals surface area contributed by atoms with Crippen LogP contribution in [0.1, 0.15) is 11.1 Å². The maximum Gasteiger partial charge on any atom is 0.241 e. The number of benzene rings is 1. The molecule has 1 amide bonds. The fourth-order valence-electron chi connectivity index (χ4n) is 2.50. The lowest BCUT2D eigenvalue weighted by Crippen LogP contribution is -2.48. The van der Waals surface area contributed by atoms with Gasteiger partial charge in [-0.2, -0.15) is 0 Å². The number of amides is 1. The molecule has 0 radical (unpaired) electrons. The first-order valence-electron chi connectivity index (χ1n) is 6.21. The molecule has 1 aromatic rings. The van der Waals surface area contributed by atoms with Gasteiger partial charge in [-0.05, 0) is 24.0 Å². The molecule has 1 unspecified atom stereocenters. The molecule has 1 atom stereocenters. The van der Waals surface area contributed by atoms with Gasteiger partial charge in [0.05, 0.1) is 6.61 Å². The van der Waals surface area contributed by atoms with Gasteiger partial charge in [0.2, 0.25) is 5.91 Å². The zero-order valence-electron chi connectivity index (χ0n) is 10.9. The van der Waals surface area contributed by atoms with E-state index in [-0.39, 0.29) is 18.6 Å². The molecule has 0 heterocycles. The highest BCUT2D eigenvalue weighted by atomic mass is 16.5. The predicted molar refractivity (Wildman–Crippen MR) is 70.3 cm³/mol. The number of likely N-dealkylation sites (N-methyl/N-ethyl adjacent to an activating group) is 1. The third kappa shape index (κ3) is 2.54. The summed E-state index contributed by atoms with van der Waals surface area (Å²) in [6.45, 7) is 0.267. The summed E-state index contributed by atoms with van der Waals surface area (Å²) in [4.78, 5) is 13.9. The molecule has 0 bridgehead atoms. The molecular weight excluding hydrogens is 228 g/mol. The monoisotopic (exact) mass is 248 g/mol. The fourth-order valence-corrected chi connectivity index (χ4v) is 2.50. The summed E-state index contributed by atoms with van der Waals surface area (Å²) in [6.07, 6.45) is 1.83. The Balaban J connectivity index is 2.00. The summed E-state index contributed by atoms with van der Waals surface area (Å²) in [7, 11) is 3.38. The smallest absolute Gasteiger partial charge is 0.241 e. The molecule has 1 aliphatic carbocycles. The van der Waals surface area contributed by atoms with Crippen LogP contribution in [-0.2, 0) is 22.4 Å². The second kappa shape index (κ2) is 5.50. The third-order valence-electron chi connectivity index (χ3n) is 3.59. The highest BCUT2D eigenvalue weighted by molar-refractivity contribution is 5.82. The largest absolute Gasteiger partial charge is 0.383 e. The highest BCUT2D eigenvalue weighted by Gasteiger charge is 2.29. The number of methoxy groups -OCH3 is 1. The van der Waals surface area contributed by atoms with E-state index in [4.69, 9.17) is 10.5 Å². The van der Waals surface area contributed by atoms with Crippen molar-refractivity contribution in [3.63, 3.8) is 0 Å². The van der Waals surface area contributed by atoms with Crippen LogP contribution < -0.4 is 5.73 Å². The quantitative estimate of drug-likeness (QED) is 0.848. The average Bonchev–Trinajstić information content (AvgIpc) is 2.81. The first-order chi connectivity index (χ1) is 8.63. The SMILES string of the molecule is COCC(N)C(=O)N(C)C1Cc2ccccc2C1. The Kier molecular flexibility index (Phi) is 3.99. The summed E-state index contributed by atoms with van der Waals surface area (Å²) in [6, 6.07) is 7.99. The molecule has 0 saturated heterocycles. The number of carbonyl (C=O) groups excluding carboxylic acids is 1. The third-order valence-corrected chi connectivity index (χ3v) is 3.59. The number of hydrogen-bond acceptors (Lipinski definition) is 3. The lowest BCUT2D eigenvalue weighted by Gasteiger charge is -2.27. The van der Waals surface area contributed by atoms with Crippen LogP contribution in [-0.4, -0.2) is 43.7 Å². The van der Waals surface area contributed by atoms with Gasteiger partial charge in [0.1, 0.15) is 6.04 Å². The average molecular weight is 248 g/mol.